The quantitative estimate of drug-likeness (QED) is 0.290. The summed E-state index contributed by atoms with van der Waals surface area (Å²) in [5.41, 5.74) is -1.26. The molecule has 5 N–H and O–H groups in total. The lowest BCUT2D eigenvalue weighted by molar-refractivity contribution is -0.120. The van der Waals surface area contributed by atoms with Crippen LogP contribution in [-0.4, -0.2) is 59.7 Å². The molecule has 0 aromatic rings. The van der Waals surface area contributed by atoms with Gasteiger partial charge in [-0.1, -0.05) is 0 Å². The number of amides is 1. The Bertz CT molecular complexity index is 239. The predicted octanol–water partition coefficient (Wildman–Crippen LogP) is -2.68. The molecule has 0 bridgehead atoms. The van der Waals surface area contributed by atoms with Crippen LogP contribution in [0.15, 0.2) is 0 Å². The number of hydrogen-bond acceptors (Lipinski definition) is 6. The second-order valence-corrected chi connectivity index (χ2v) is 3.37. The van der Waals surface area contributed by atoms with Gasteiger partial charge in [0.15, 0.2) is 0 Å². The van der Waals surface area contributed by atoms with Gasteiger partial charge in [-0.25, -0.2) is 0 Å². The molecule has 0 unspecified atom stereocenters. The van der Waals surface area contributed by atoms with Gasteiger partial charge in [-0.2, -0.15) is 5.26 Å². The summed E-state index contributed by atoms with van der Waals surface area (Å²) in [4.78, 5) is 11.2. The zero-order valence-corrected chi connectivity index (χ0v) is 8.94. The first-order chi connectivity index (χ1) is 7.64. The van der Waals surface area contributed by atoms with E-state index in [1.165, 1.54) is 0 Å². The SMILES string of the molecule is N#CCCNC(=O)CNC(CO)(CO)CO. The summed E-state index contributed by atoms with van der Waals surface area (Å²) in [6.45, 7) is -1.34. The lowest BCUT2D eigenvalue weighted by atomic mass is 10.0. The summed E-state index contributed by atoms with van der Waals surface area (Å²) in [6.07, 6.45) is 0.219. The number of carbonyl (C=O) groups excluding carboxylic acids is 1. The summed E-state index contributed by atoms with van der Waals surface area (Å²) in [6, 6.07) is 1.87. The van der Waals surface area contributed by atoms with Crippen LogP contribution in [-0.2, 0) is 4.79 Å². The minimum Gasteiger partial charge on any atom is -0.394 e. The fraction of sp³-hybridized carbons (Fsp3) is 0.778. The van der Waals surface area contributed by atoms with Crippen LogP contribution in [0.2, 0.25) is 0 Å². The fourth-order valence-electron chi connectivity index (χ4n) is 0.906. The van der Waals surface area contributed by atoms with Gasteiger partial charge in [0.1, 0.15) is 0 Å². The molecular formula is C9H17N3O4. The fourth-order valence-corrected chi connectivity index (χ4v) is 0.906. The van der Waals surface area contributed by atoms with E-state index in [1.54, 1.807) is 0 Å². The molecule has 0 radical (unpaired) electrons. The van der Waals surface area contributed by atoms with Crippen LogP contribution in [0.4, 0.5) is 0 Å². The van der Waals surface area contributed by atoms with Crippen LogP contribution >= 0.6 is 0 Å². The van der Waals surface area contributed by atoms with Crippen molar-refractivity contribution < 1.29 is 20.1 Å². The molecule has 0 aliphatic heterocycles. The number of aliphatic hydroxyl groups is 3. The third kappa shape index (κ3) is 5.04. The summed E-state index contributed by atoms with van der Waals surface area (Å²) in [5, 5.41) is 40.1. The van der Waals surface area contributed by atoms with Crippen molar-refractivity contribution in [3.8, 4) is 6.07 Å². The predicted molar refractivity (Wildman–Crippen MR) is 55.2 cm³/mol. The maximum absolute atomic E-state index is 11.2. The first-order valence-corrected chi connectivity index (χ1v) is 4.85. The molecule has 0 saturated heterocycles. The van der Waals surface area contributed by atoms with Crippen molar-refractivity contribution in [3.63, 3.8) is 0 Å². The Morgan fingerprint density at radius 2 is 1.81 bits per heavy atom. The number of nitriles is 1. The maximum atomic E-state index is 11.2. The number of aliphatic hydroxyl groups excluding tert-OH is 3. The van der Waals surface area contributed by atoms with Crippen LogP contribution in [0.25, 0.3) is 0 Å². The molecule has 0 aromatic heterocycles. The number of rotatable bonds is 8. The Morgan fingerprint density at radius 1 is 1.25 bits per heavy atom. The maximum Gasteiger partial charge on any atom is 0.234 e. The lowest BCUT2D eigenvalue weighted by Crippen LogP contribution is -2.57. The van der Waals surface area contributed by atoms with Crippen molar-refractivity contribution in [1.82, 2.24) is 10.6 Å². The van der Waals surface area contributed by atoms with E-state index < -0.39 is 25.4 Å². The average Bonchev–Trinajstić information content (AvgIpc) is 2.32. The van der Waals surface area contributed by atoms with Crippen LogP contribution in [0, 0.1) is 11.3 Å². The number of carbonyl (C=O) groups is 1. The summed E-state index contributed by atoms with van der Waals surface area (Å²) < 4.78 is 0. The molecule has 0 rings (SSSR count). The monoisotopic (exact) mass is 231 g/mol. The molecular weight excluding hydrogens is 214 g/mol. The Kier molecular flexibility index (Phi) is 7.41. The van der Waals surface area contributed by atoms with E-state index in [0.29, 0.717) is 0 Å². The van der Waals surface area contributed by atoms with Gasteiger partial charge in [0, 0.05) is 6.54 Å². The molecule has 7 nitrogen and oxygen atoms in total. The van der Waals surface area contributed by atoms with E-state index in [2.05, 4.69) is 10.6 Å². The molecule has 0 fully saturated rings. The number of nitrogens with one attached hydrogen (secondary N) is 2. The van der Waals surface area contributed by atoms with E-state index in [1.807, 2.05) is 6.07 Å². The molecule has 92 valence electrons. The lowest BCUT2D eigenvalue weighted by Gasteiger charge is -2.28. The molecule has 0 aliphatic rings. The Balaban J connectivity index is 3.93. The highest BCUT2D eigenvalue weighted by Crippen LogP contribution is 2.00. The van der Waals surface area contributed by atoms with Crippen LogP contribution < -0.4 is 10.6 Å². The van der Waals surface area contributed by atoms with Crippen molar-refractivity contribution in [2.75, 3.05) is 32.9 Å². The average molecular weight is 231 g/mol. The second kappa shape index (κ2) is 8.01. The summed E-state index contributed by atoms with van der Waals surface area (Å²) >= 11 is 0. The topological polar surface area (TPSA) is 126 Å². The zero-order chi connectivity index (χ0) is 12.4. The molecule has 0 spiro atoms. The number of hydrogen-bond donors (Lipinski definition) is 5. The highest BCUT2D eigenvalue weighted by Gasteiger charge is 2.27. The highest BCUT2D eigenvalue weighted by atomic mass is 16.3. The first-order valence-electron chi connectivity index (χ1n) is 4.85. The number of nitrogens with zero attached hydrogens (tertiary/aromatic N) is 1. The van der Waals surface area contributed by atoms with Crippen LogP contribution in [0.3, 0.4) is 0 Å². The van der Waals surface area contributed by atoms with Gasteiger partial charge in [0.2, 0.25) is 5.91 Å². The van der Waals surface area contributed by atoms with Crippen molar-refractivity contribution >= 4 is 5.91 Å². The van der Waals surface area contributed by atoms with E-state index >= 15 is 0 Å². The first kappa shape index (κ1) is 14.8. The molecule has 7 heteroatoms. The Morgan fingerprint density at radius 3 is 2.25 bits per heavy atom. The smallest absolute Gasteiger partial charge is 0.234 e. The molecule has 0 aromatic carbocycles. The van der Waals surface area contributed by atoms with Crippen LogP contribution in [0.1, 0.15) is 6.42 Å². The van der Waals surface area contributed by atoms with Gasteiger partial charge in [-0.05, 0) is 0 Å². The van der Waals surface area contributed by atoms with Gasteiger partial charge < -0.3 is 20.6 Å². The van der Waals surface area contributed by atoms with Gasteiger partial charge in [-0.3, -0.25) is 10.1 Å². The molecule has 0 aliphatic carbocycles. The molecule has 0 saturated carbocycles. The molecule has 0 heterocycles. The normalized spacial score (nSPS) is 10.9. The minimum absolute atomic E-state index is 0.146. The van der Waals surface area contributed by atoms with Crippen LogP contribution in [0.5, 0.6) is 0 Å². The summed E-state index contributed by atoms with van der Waals surface area (Å²) in [5.74, 6) is -0.366. The molecule has 0 atom stereocenters. The van der Waals surface area contributed by atoms with E-state index in [0.717, 1.165) is 0 Å². The van der Waals surface area contributed by atoms with Gasteiger partial charge in [0.25, 0.3) is 0 Å². The van der Waals surface area contributed by atoms with Crippen molar-refractivity contribution in [1.29, 1.82) is 5.26 Å². The summed E-state index contributed by atoms with van der Waals surface area (Å²) in [7, 11) is 0. The van der Waals surface area contributed by atoms with E-state index in [9.17, 15) is 4.79 Å². The highest BCUT2D eigenvalue weighted by molar-refractivity contribution is 5.78. The third-order valence-corrected chi connectivity index (χ3v) is 2.09. The van der Waals surface area contributed by atoms with E-state index in [4.69, 9.17) is 20.6 Å². The van der Waals surface area contributed by atoms with Crippen molar-refractivity contribution in [2.45, 2.75) is 12.0 Å². The largest absolute Gasteiger partial charge is 0.394 e. The molecule has 1 amide bonds. The van der Waals surface area contributed by atoms with Crippen molar-refractivity contribution in [2.24, 2.45) is 0 Å². The third-order valence-electron chi connectivity index (χ3n) is 2.09. The molecule has 16 heavy (non-hydrogen) atoms. The Hall–Kier alpha value is -1.20. The van der Waals surface area contributed by atoms with Gasteiger partial charge in [0.05, 0.1) is 44.4 Å². The Labute approximate surface area is 93.7 Å². The second-order valence-electron chi connectivity index (χ2n) is 3.37. The van der Waals surface area contributed by atoms with E-state index in [-0.39, 0.29) is 25.4 Å². The van der Waals surface area contributed by atoms with Crippen molar-refractivity contribution in [3.05, 3.63) is 0 Å². The minimum atomic E-state index is -1.26. The zero-order valence-electron chi connectivity index (χ0n) is 8.94. The standard InChI is InChI=1S/C9H17N3O4/c10-2-1-3-11-8(16)4-12-9(5-13,6-14)7-15/h12-15H,1,3-7H2,(H,11,16). The van der Waals surface area contributed by atoms with Gasteiger partial charge >= 0.3 is 0 Å². The van der Waals surface area contributed by atoms with Gasteiger partial charge in [-0.15, -0.1) is 0 Å².